The summed E-state index contributed by atoms with van der Waals surface area (Å²) in [6.45, 7) is 8.52. The number of ether oxygens (including phenoxy) is 1. The van der Waals surface area contributed by atoms with Gasteiger partial charge in [-0.15, -0.1) is 0 Å². The summed E-state index contributed by atoms with van der Waals surface area (Å²) in [6.07, 6.45) is 8.00. The molecule has 1 aliphatic carbocycles. The predicted molar refractivity (Wildman–Crippen MR) is 90.1 cm³/mol. The highest BCUT2D eigenvalue weighted by Crippen LogP contribution is 2.28. The van der Waals surface area contributed by atoms with Crippen molar-refractivity contribution in [2.24, 2.45) is 0 Å². The number of rotatable bonds is 7. The van der Waals surface area contributed by atoms with Crippen LogP contribution in [0.25, 0.3) is 0 Å². The second-order valence-electron chi connectivity index (χ2n) is 6.90. The topological polar surface area (TPSA) is 21.3 Å². The van der Waals surface area contributed by atoms with Crippen LogP contribution in [0.5, 0.6) is 5.75 Å². The second-order valence-corrected chi connectivity index (χ2v) is 6.90. The SMILES string of the molecule is CCC(C)(C)c1ccc(OCCNC2CCCCC2)cc1. The van der Waals surface area contributed by atoms with Crippen molar-refractivity contribution in [3.63, 3.8) is 0 Å². The van der Waals surface area contributed by atoms with Gasteiger partial charge < -0.3 is 10.1 Å². The van der Waals surface area contributed by atoms with E-state index in [1.54, 1.807) is 0 Å². The van der Waals surface area contributed by atoms with E-state index in [2.05, 4.69) is 50.4 Å². The Morgan fingerprint density at radius 3 is 2.38 bits per heavy atom. The standard InChI is InChI=1S/C19H31NO/c1-4-19(2,3)16-10-12-18(13-11-16)21-15-14-20-17-8-6-5-7-9-17/h10-13,17,20H,4-9,14-15H2,1-3H3. The third-order valence-electron chi connectivity index (χ3n) is 4.93. The molecule has 0 aromatic heterocycles. The minimum absolute atomic E-state index is 0.251. The zero-order chi connectivity index (χ0) is 15.1. The first-order valence-corrected chi connectivity index (χ1v) is 8.58. The van der Waals surface area contributed by atoms with Crippen LogP contribution in [0.2, 0.25) is 0 Å². The summed E-state index contributed by atoms with van der Waals surface area (Å²) in [5, 5.41) is 3.61. The summed E-state index contributed by atoms with van der Waals surface area (Å²) in [6, 6.07) is 9.33. The minimum Gasteiger partial charge on any atom is -0.492 e. The van der Waals surface area contributed by atoms with Crippen LogP contribution in [0.1, 0.15) is 64.9 Å². The maximum Gasteiger partial charge on any atom is 0.119 e. The first-order chi connectivity index (χ1) is 10.1. The first-order valence-electron chi connectivity index (χ1n) is 8.58. The average Bonchev–Trinajstić information content (AvgIpc) is 2.53. The molecule has 0 amide bonds. The maximum absolute atomic E-state index is 5.84. The fourth-order valence-corrected chi connectivity index (χ4v) is 2.95. The molecule has 21 heavy (non-hydrogen) atoms. The summed E-state index contributed by atoms with van der Waals surface area (Å²) < 4.78 is 5.84. The summed E-state index contributed by atoms with van der Waals surface area (Å²) in [7, 11) is 0. The van der Waals surface area contributed by atoms with Crippen molar-refractivity contribution in [1.82, 2.24) is 5.32 Å². The highest BCUT2D eigenvalue weighted by Gasteiger charge is 2.17. The second kappa shape index (κ2) is 7.84. The fourth-order valence-electron chi connectivity index (χ4n) is 2.95. The molecule has 0 bridgehead atoms. The molecule has 2 rings (SSSR count). The van der Waals surface area contributed by atoms with Crippen LogP contribution in [0, 0.1) is 0 Å². The smallest absolute Gasteiger partial charge is 0.119 e. The van der Waals surface area contributed by atoms with Gasteiger partial charge in [0.25, 0.3) is 0 Å². The Morgan fingerprint density at radius 2 is 1.76 bits per heavy atom. The Morgan fingerprint density at radius 1 is 1.10 bits per heavy atom. The molecule has 0 saturated heterocycles. The molecule has 0 aliphatic heterocycles. The molecule has 1 saturated carbocycles. The number of benzene rings is 1. The van der Waals surface area contributed by atoms with Crippen molar-refractivity contribution in [2.75, 3.05) is 13.2 Å². The largest absolute Gasteiger partial charge is 0.492 e. The van der Waals surface area contributed by atoms with E-state index in [-0.39, 0.29) is 5.41 Å². The van der Waals surface area contributed by atoms with Gasteiger partial charge in [0.05, 0.1) is 0 Å². The van der Waals surface area contributed by atoms with Gasteiger partial charge in [0.2, 0.25) is 0 Å². The molecule has 2 heteroatoms. The third-order valence-corrected chi connectivity index (χ3v) is 4.93. The van der Waals surface area contributed by atoms with E-state index >= 15 is 0 Å². The van der Waals surface area contributed by atoms with Gasteiger partial charge in [-0.2, -0.15) is 0 Å². The van der Waals surface area contributed by atoms with Gasteiger partial charge in [-0.05, 0) is 42.4 Å². The van der Waals surface area contributed by atoms with Crippen LogP contribution in [-0.2, 0) is 5.41 Å². The van der Waals surface area contributed by atoms with Gasteiger partial charge in [0.1, 0.15) is 12.4 Å². The number of hydrogen-bond donors (Lipinski definition) is 1. The van der Waals surface area contributed by atoms with Crippen molar-refractivity contribution in [3.05, 3.63) is 29.8 Å². The molecular formula is C19H31NO. The Kier molecular flexibility index (Phi) is 6.10. The van der Waals surface area contributed by atoms with Gasteiger partial charge in [-0.1, -0.05) is 52.2 Å². The van der Waals surface area contributed by atoms with Crippen LogP contribution in [0.15, 0.2) is 24.3 Å². The summed E-state index contributed by atoms with van der Waals surface area (Å²) in [5.41, 5.74) is 1.64. The van der Waals surface area contributed by atoms with Crippen molar-refractivity contribution in [1.29, 1.82) is 0 Å². The zero-order valence-electron chi connectivity index (χ0n) is 14.0. The van der Waals surface area contributed by atoms with E-state index < -0.39 is 0 Å². The highest BCUT2D eigenvalue weighted by atomic mass is 16.5. The predicted octanol–water partition coefficient (Wildman–Crippen LogP) is 4.68. The third kappa shape index (κ3) is 5.03. The zero-order valence-corrected chi connectivity index (χ0v) is 14.0. The molecule has 1 aromatic rings. The van der Waals surface area contributed by atoms with E-state index in [1.165, 1.54) is 37.7 Å². The Balaban J connectivity index is 1.71. The molecule has 1 fully saturated rings. The lowest BCUT2D eigenvalue weighted by atomic mass is 9.82. The van der Waals surface area contributed by atoms with Crippen LogP contribution in [-0.4, -0.2) is 19.2 Å². The van der Waals surface area contributed by atoms with E-state index in [0.29, 0.717) is 0 Å². The van der Waals surface area contributed by atoms with Crippen molar-refractivity contribution in [2.45, 2.75) is 70.8 Å². The molecule has 1 aromatic carbocycles. The Bertz CT molecular complexity index is 404. The summed E-state index contributed by atoms with van der Waals surface area (Å²) in [5.74, 6) is 0.982. The molecule has 0 unspecified atom stereocenters. The molecule has 1 N–H and O–H groups in total. The lowest BCUT2D eigenvalue weighted by Crippen LogP contribution is -2.34. The van der Waals surface area contributed by atoms with Gasteiger partial charge in [-0.3, -0.25) is 0 Å². The molecule has 0 spiro atoms. The van der Waals surface area contributed by atoms with Crippen LogP contribution in [0.4, 0.5) is 0 Å². The van der Waals surface area contributed by atoms with Crippen molar-refractivity contribution in [3.8, 4) is 5.75 Å². The summed E-state index contributed by atoms with van der Waals surface area (Å²) >= 11 is 0. The number of hydrogen-bond acceptors (Lipinski definition) is 2. The monoisotopic (exact) mass is 289 g/mol. The van der Waals surface area contributed by atoms with Crippen LogP contribution >= 0.6 is 0 Å². The molecule has 118 valence electrons. The lowest BCUT2D eigenvalue weighted by Gasteiger charge is -2.24. The molecule has 0 heterocycles. The van der Waals surface area contributed by atoms with Gasteiger partial charge >= 0.3 is 0 Å². The van der Waals surface area contributed by atoms with E-state index in [4.69, 9.17) is 4.74 Å². The quantitative estimate of drug-likeness (QED) is 0.736. The minimum atomic E-state index is 0.251. The fraction of sp³-hybridized carbons (Fsp3) is 0.684. The Hall–Kier alpha value is -1.02. The summed E-state index contributed by atoms with van der Waals surface area (Å²) in [4.78, 5) is 0. The highest BCUT2D eigenvalue weighted by molar-refractivity contribution is 5.31. The molecule has 1 aliphatic rings. The molecular weight excluding hydrogens is 258 g/mol. The van der Waals surface area contributed by atoms with Crippen molar-refractivity contribution >= 4 is 0 Å². The molecule has 0 atom stereocenters. The Labute approximate surface area is 130 Å². The first kappa shape index (κ1) is 16.4. The van der Waals surface area contributed by atoms with Crippen LogP contribution in [0.3, 0.4) is 0 Å². The maximum atomic E-state index is 5.84. The average molecular weight is 289 g/mol. The van der Waals surface area contributed by atoms with Gasteiger partial charge in [-0.25, -0.2) is 0 Å². The lowest BCUT2D eigenvalue weighted by molar-refractivity contribution is 0.289. The van der Waals surface area contributed by atoms with E-state index in [9.17, 15) is 0 Å². The van der Waals surface area contributed by atoms with Crippen molar-refractivity contribution < 1.29 is 4.74 Å². The van der Waals surface area contributed by atoms with E-state index in [1.807, 2.05) is 0 Å². The van der Waals surface area contributed by atoms with E-state index in [0.717, 1.165) is 31.4 Å². The van der Waals surface area contributed by atoms with Gasteiger partial charge in [0.15, 0.2) is 0 Å². The van der Waals surface area contributed by atoms with Gasteiger partial charge in [0, 0.05) is 12.6 Å². The molecule has 2 nitrogen and oxygen atoms in total. The normalized spacial score (nSPS) is 16.9. The molecule has 0 radical (unpaired) electrons. The van der Waals surface area contributed by atoms with Crippen LogP contribution < -0.4 is 10.1 Å². The number of nitrogens with one attached hydrogen (secondary N) is 1.